The molecule has 1 fully saturated rings. The van der Waals surface area contributed by atoms with Gasteiger partial charge < -0.3 is 14.2 Å². The van der Waals surface area contributed by atoms with Crippen molar-refractivity contribution in [1.82, 2.24) is 15.0 Å². The topological polar surface area (TPSA) is 68.5 Å². The molecule has 33 heavy (non-hydrogen) atoms. The molecule has 0 bridgehead atoms. The molecule has 1 aromatic heterocycles. The van der Waals surface area contributed by atoms with Crippen LogP contribution in [0.25, 0.3) is 11.4 Å². The Kier molecular flexibility index (Phi) is 9.33. The zero-order valence-corrected chi connectivity index (χ0v) is 20.9. The number of benzene rings is 1. The van der Waals surface area contributed by atoms with Gasteiger partial charge in [0.1, 0.15) is 5.60 Å². The van der Waals surface area contributed by atoms with Crippen LogP contribution in [-0.2, 0) is 11.2 Å². The predicted molar refractivity (Wildman–Crippen MR) is 131 cm³/mol. The van der Waals surface area contributed by atoms with Crippen molar-refractivity contribution in [2.45, 2.75) is 103 Å². The summed E-state index contributed by atoms with van der Waals surface area (Å²) in [4.78, 5) is 18.3. The Morgan fingerprint density at radius 2 is 1.61 bits per heavy atom. The minimum Gasteiger partial charge on any atom is -0.444 e. The summed E-state index contributed by atoms with van der Waals surface area (Å²) in [6.45, 7) is 8.98. The third-order valence-corrected chi connectivity index (χ3v) is 6.11. The fourth-order valence-electron chi connectivity index (χ4n) is 4.09. The van der Waals surface area contributed by atoms with E-state index in [1.165, 1.54) is 63.4 Å². The molecule has 182 valence electrons. The van der Waals surface area contributed by atoms with Crippen LogP contribution in [0.4, 0.5) is 4.79 Å². The number of ether oxygens (including phenoxy) is 1. The molecular weight excluding hydrogens is 414 g/mol. The molecule has 2 heterocycles. The molecule has 0 unspecified atom stereocenters. The van der Waals surface area contributed by atoms with Crippen LogP contribution in [0.5, 0.6) is 0 Å². The molecule has 1 amide bonds. The zero-order valence-electron chi connectivity index (χ0n) is 20.9. The predicted octanol–water partition coefficient (Wildman–Crippen LogP) is 7.14. The Morgan fingerprint density at radius 3 is 2.21 bits per heavy atom. The van der Waals surface area contributed by atoms with E-state index in [0.29, 0.717) is 24.8 Å². The lowest BCUT2D eigenvalue weighted by molar-refractivity contribution is 0.00558. The molecule has 0 radical (unpaired) electrons. The smallest absolute Gasteiger partial charge is 0.410 e. The SMILES string of the molecule is CCCCCCCCCCCc1ccc(-c2noc(C3CN(C(=O)OC(C)(C)C)C3)n2)cc1. The Labute approximate surface area is 199 Å². The lowest BCUT2D eigenvalue weighted by Gasteiger charge is -2.37. The monoisotopic (exact) mass is 455 g/mol. The van der Waals surface area contributed by atoms with Gasteiger partial charge in [0.25, 0.3) is 0 Å². The zero-order chi connectivity index (χ0) is 23.7. The standard InChI is InChI=1S/C27H41N3O3/c1-5-6-7-8-9-10-11-12-13-14-21-15-17-22(18-16-21)24-28-25(33-29-24)23-19-30(20-23)26(31)32-27(2,3)4/h15-18,23H,5-14,19-20H2,1-4H3. The van der Waals surface area contributed by atoms with E-state index in [4.69, 9.17) is 9.26 Å². The van der Waals surface area contributed by atoms with Gasteiger partial charge in [0.05, 0.1) is 5.92 Å². The molecule has 6 heteroatoms. The third kappa shape index (κ3) is 8.17. The van der Waals surface area contributed by atoms with Crippen molar-refractivity contribution >= 4 is 6.09 Å². The number of unbranched alkanes of at least 4 members (excludes halogenated alkanes) is 8. The van der Waals surface area contributed by atoms with E-state index in [9.17, 15) is 4.79 Å². The molecule has 3 rings (SSSR count). The maximum absolute atomic E-state index is 12.1. The second-order valence-electron chi connectivity index (χ2n) is 10.3. The van der Waals surface area contributed by atoms with Gasteiger partial charge >= 0.3 is 6.09 Å². The van der Waals surface area contributed by atoms with Crippen molar-refractivity contribution < 1.29 is 14.1 Å². The number of amides is 1. The van der Waals surface area contributed by atoms with E-state index < -0.39 is 5.60 Å². The van der Waals surface area contributed by atoms with Crippen LogP contribution in [0.3, 0.4) is 0 Å². The molecule has 0 atom stereocenters. The maximum Gasteiger partial charge on any atom is 0.410 e. The van der Waals surface area contributed by atoms with Crippen LogP contribution in [0.2, 0.25) is 0 Å². The van der Waals surface area contributed by atoms with Crippen LogP contribution < -0.4 is 0 Å². The fraction of sp³-hybridized carbons (Fsp3) is 0.667. The number of carbonyl (C=O) groups is 1. The molecule has 0 N–H and O–H groups in total. The highest BCUT2D eigenvalue weighted by molar-refractivity contribution is 5.69. The molecular formula is C27H41N3O3. The average molecular weight is 456 g/mol. The minimum absolute atomic E-state index is 0.0738. The summed E-state index contributed by atoms with van der Waals surface area (Å²) in [5.41, 5.74) is 1.83. The highest BCUT2D eigenvalue weighted by Crippen LogP contribution is 2.29. The lowest BCUT2D eigenvalue weighted by atomic mass is 10.0. The Bertz CT molecular complexity index is 848. The average Bonchev–Trinajstić information content (AvgIpc) is 3.20. The number of hydrogen-bond donors (Lipinski definition) is 0. The first-order valence-corrected chi connectivity index (χ1v) is 12.8. The van der Waals surface area contributed by atoms with Crippen molar-refractivity contribution in [3.8, 4) is 11.4 Å². The Morgan fingerprint density at radius 1 is 1.00 bits per heavy atom. The van der Waals surface area contributed by atoms with E-state index in [0.717, 1.165) is 12.0 Å². The molecule has 0 spiro atoms. The first kappa shape index (κ1) is 25.3. The van der Waals surface area contributed by atoms with E-state index in [1.807, 2.05) is 20.8 Å². The minimum atomic E-state index is -0.486. The fourth-order valence-corrected chi connectivity index (χ4v) is 4.09. The summed E-state index contributed by atoms with van der Waals surface area (Å²) in [6, 6.07) is 8.49. The van der Waals surface area contributed by atoms with Crippen LogP contribution in [0.1, 0.15) is 103 Å². The van der Waals surface area contributed by atoms with E-state index in [2.05, 4.69) is 41.3 Å². The third-order valence-electron chi connectivity index (χ3n) is 6.11. The van der Waals surface area contributed by atoms with Crippen LogP contribution >= 0.6 is 0 Å². The number of aryl methyl sites for hydroxylation is 1. The van der Waals surface area contributed by atoms with Crippen molar-refractivity contribution in [3.05, 3.63) is 35.7 Å². The summed E-state index contributed by atoms with van der Waals surface area (Å²) in [7, 11) is 0. The number of rotatable bonds is 12. The number of likely N-dealkylation sites (tertiary alicyclic amines) is 1. The van der Waals surface area contributed by atoms with Crippen molar-refractivity contribution in [2.75, 3.05) is 13.1 Å². The summed E-state index contributed by atoms with van der Waals surface area (Å²) >= 11 is 0. The van der Waals surface area contributed by atoms with Gasteiger partial charge in [0.2, 0.25) is 11.7 Å². The number of carbonyl (C=O) groups excluding carboxylic acids is 1. The first-order chi connectivity index (χ1) is 15.9. The van der Waals surface area contributed by atoms with Gasteiger partial charge in [0.15, 0.2) is 0 Å². The molecule has 1 aliphatic heterocycles. The van der Waals surface area contributed by atoms with Crippen molar-refractivity contribution in [1.29, 1.82) is 0 Å². The second-order valence-corrected chi connectivity index (χ2v) is 10.3. The summed E-state index contributed by atoms with van der Waals surface area (Å²) < 4.78 is 10.9. The first-order valence-electron chi connectivity index (χ1n) is 12.8. The highest BCUT2D eigenvalue weighted by atomic mass is 16.6. The summed E-state index contributed by atoms with van der Waals surface area (Å²) in [5, 5.41) is 4.15. The molecule has 6 nitrogen and oxygen atoms in total. The lowest BCUT2D eigenvalue weighted by Crippen LogP contribution is -2.50. The number of nitrogens with zero attached hydrogens (tertiary/aromatic N) is 3. The number of aromatic nitrogens is 2. The quantitative estimate of drug-likeness (QED) is 0.318. The highest BCUT2D eigenvalue weighted by Gasteiger charge is 2.37. The molecule has 1 aliphatic rings. The van der Waals surface area contributed by atoms with Crippen LogP contribution in [0, 0.1) is 0 Å². The van der Waals surface area contributed by atoms with Gasteiger partial charge in [-0.15, -0.1) is 0 Å². The second kappa shape index (κ2) is 12.2. The van der Waals surface area contributed by atoms with Crippen molar-refractivity contribution in [3.63, 3.8) is 0 Å². The van der Waals surface area contributed by atoms with Gasteiger partial charge in [-0.05, 0) is 39.2 Å². The van der Waals surface area contributed by atoms with Crippen LogP contribution in [0.15, 0.2) is 28.8 Å². The molecule has 1 saturated heterocycles. The van der Waals surface area contributed by atoms with Crippen LogP contribution in [-0.4, -0.2) is 39.8 Å². The van der Waals surface area contributed by atoms with Gasteiger partial charge in [0, 0.05) is 18.7 Å². The molecule has 0 saturated carbocycles. The maximum atomic E-state index is 12.1. The van der Waals surface area contributed by atoms with E-state index in [-0.39, 0.29) is 12.0 Å². The largest absolute Gasteiger partial charge is 0.444 e. The summed E-state index contributed by atoms with van der Waals surface area (Å²) in [5.74, 6) is 1.27. The van der Waals surface area contributed by atoms with E-state index in [1.54, 1.807) is 4.90 Å². The Hall–Kier alpha value is -2.37. The van der Waals surface area contributed by atoms with Gasteiger partial charge in [-0.1, -0.05) is 87.7 Å². The molecule has 2 aromatic rings. The Balaban J connectivity index is 1.37. The molecule has 0 aliphatic carbocycles. The van der Waals surface area contributed by atoms with Gasteiger partial charge in [-0.25, -0.2) is 4.79 Å². The summed E-state index contributed by atoms with van der Waals surface area (Å²) in [6.07, 6.45) is 13.0. The number of hydrogen-bond acceptors (Lipinski definition) is 5. The normalized spacial score (nSPS) is 14.4. The van der Waals surface area contributed by atoms with Crippen molar-refractivity contribution in [2.24, 2.45) is 0 Å². The molecule has 1 aromatic carbocycles. The van der Waals surface area contributed by atoms with Gasteiger partial charge in [-0.3, -0.25) is 0 Å². The van der Waals surface area contributed by atoms with Gasteiger partial charge in [-0.2, -0.15) is 4.98 Å². The van der Waals surface area contributed by atoms with E-state index >= 15 is 0 Å².